The van der Waals surface area contributed by atoms with Crippen molar-refractivity contribution in [3.63, 3.8) is 0 Å². The SMILES string of the molecule is O=c1[nH]c2[nH]c(O)cc2o1. The van der Waals surface area contributed by atoms with Crippen molar-refractivity contribution in [1.82, 2.24) is 9.97 Å². The number of rotatable bonds is 0. The van der Waals surface area contributed by atoms with Crippen molar-refractivity contribution < 1.29 is 9.52 Å². The number of aromatic nitrogens is 2. The van der Waals surface area contributed by atoms with Gasteiger partial charge in [0.15, 0.2) is 17.1 Å². The molecule has 0 aliphatic carbocycles. The Bertz CT molecular complexity index is 373. The van der Waals surface area contributed by atoms with E-state index in [1.165, 1.54) is 6.07 Å². The van der Waals surface area contributed by atoms with Crippen LogP contribution < -0.4 is 5.76 Å². The molecule has 2 aromatic rings. The summed E-state index contributed by atoms with van der Waals surface area (Å²) in [5.41, 5.74) is 0.741. The molecule has 2 rings (SSSR count). The number of fused-ring (bicyclic) bond motifs is 1. The summed E-state index contributed by atoms with van der Waals surface area (Å²) in [4.78, 5) is 15.3. The summed E-state index contributed by atoms with van der Waals surface area (Å²) in [6, 6.07) is 1.33. The third-order valence-electron chi connectivity index (χ3n) is 1.20. The topological polar surface area (TPSA) is 82.0 Å². The lowest BCUT2D eigenvalue weighted by molar-refractivity contribution is 0.456. The van der Waals surface area contributed by atoms with Crippen LogP contribution in [0.25, 0.3) is 11.2 Å². The molecule has 0 bridgehead atoms. The average Bonchev–Trinajstić information content (AvgIpc) is 2.21. The maximum absolute atomic E-state index is 10.4. The predicted molar refractivity (Wildman–Crippen MR) is 32.9 cm³/mol. The molecule has 52 valence electrons. The normalized spacial score (nSPS) is 10.8. The van der Waals surface area contributed by atoms with Crippen LogP contribution in [0.15, 0.2) is 15.3 Å². The number of aromatic amines is 2. The minimum absolute atomic E-state index is 0.0231. The Morgan fingerprint density at radius 2 is 2.30 bits per heavy atom. The summed E-state index contributed by atoms with van der Waals surface area (Å²) in [7, 11) is 0. The molecule has 2 aromatic heterocycles. The third kappa shape index (κ3) is 0.540. The lowest BCUT2D eigenvalue weighted by Gasteiger charge is -1.74. The Hall–Kier alpha value is -1.65. The van der Waals surface area contributed by atoms with Crippen LogP contribution in [0.2, 0.25) is 0 Å². The molecule has 0 aliphatic rings. The van der Waals surface area contributed by atoms with Crippen molar-refractivity contribution in [2.24, 2.45) is 0 Å². The van der Waals surface area contributed by atoms with Crippen LogP contribution in [0.5, 0.6) is 5.88 Å². The Kier molecular flexibility index (Phi) is 0.743. The van der Waals surface area contributed by atoms with Crippen molar-refractivity contribution in [3.8, 4) is 5.88 Å². The first-order chi connectivity index (χ1) is 4.75. The highest BCUT2D eigenvalue weighted by molar-refractivity contribution is 5.70. The molecule has 10 heavy (non-hydrogen) atoms. The molecule has 2 heterocycles. The fourth-order valence-corrected chi connectivity index (χ4v) is 0.823. The minimum atomic E-state index is -0.527. The Morgan fingerprint density at radius 3 is 3.00 bits per heavy atom. The highest BCUT2D eigenvalue weighted by atomic mass is 16.4. The molecule has 0 atom stereocenters. The van der Waals surface area contributed by atoms with Crippen LogP contribution >= 0.6 is 0 Å². The number of oxazole rings is 1. The van der Waals surface area contributed by atoms with Crippen LogP contribution in [0.4, 0.5) is 0 Å². The number of hydrogen-bond donors (Lipinski definition) is 3. The lowest BCUT2D eigenvalue weighted by atomic mass is 10.6. The van der Waals surface area contributed by atoms with E-state index in [1.807, 2.05) is 0 Å². The van der Waals surface area contributed by atoms with Gasteiger partial charge in [-0.05, 0) is 0 Å². The van der Waals surface area contributed by atoms with Gasteiger partial charge in [-0.15, -0.1) is 0 Å². The number of hydrogen-bond acceptors (Lipinski definition) is 3. The summed E-state index contributed by atoms with van der Waals surface area (Å²) in [6.07, 6.45) is 0. The monoisotopic (exact) mass is 140 g/mol. The standard InChI is InChI=1S/C5H4N2O3/c8-3-1-2-4(6-3)7-5(9)10-2/h1,6,8H,(H,7,9). The van der Waals surface area contributed by atoms with Gasteiger partial charge in [-0.2, -0.15) is 0 Å². The van der Waals surface area contributed by atoms with Crippen molar-refractivity contribution in [2.75, 3.05) is 0 Å². The average molecular weight is 140 g/mol. The Morgan fingerprint density at radius 1 is 1.50 bits per heavy atom. The van der Waals surface area contributed by atoms with E-state index in [0.29, 0.717) is 11.2 Å². The van der Waals surface area contributed by atoms with Crippen molar-refractivity contribution in [2.45, 2.75) is 0 Å². The minimum Gasteiger partial charge on any atom is -0.494 e. The lowest BCUT2D eigenvalue weighted by Crippen LogP contribution is -1.93. The fraction of sp³-hybridized carbons (Fsp3) is 0. The van der Waals surface area contributed by atoms with Crippen LogP contribution in [0.3, 0.4) is 0 Å². The molecular formula is C5H4N2O3. The first-order valence-corrected chi connectivity index (χ1v) is 2.66. The molecule has 3 N–H and O–H groups in total. The van der Waals surface area contributed by atoms with Gasteiger partial charge in [-0.3, -0.25) is 4.98 Å². The van der Waals surface area contributed by atoms with E-state index in [9.17, 15) is 4.79 Å². The van der Waals surface area contributed by atoms with Gasteiger partial charge in [0.25, 0.3) is 0 Å². The van der Waals surface area contributed by atoms with Crippen molar-refractivity contribution in [3.05, 3.63) is 16.6 Å². The molecular weight excluding hydrogens is 136 g/mol. The van der Waals surface area contributed by atoms with Crippen molar-refractivity contribution >= 4 is 11.2 Å². The fourth-order valence-electron chi connectivity index (χ4n) is 0.823. The highest BCUT2D eigenvalue weighted by Crippen LogP contribution is 2.14. The van der Waals surface area contributed by atoms with Gasteiger partial charge in [-0.1, -0.05) is 0 Å². The van der Waals surface area contributed by atoms with E-state index < -0.39 is 5.76 Å². The number of H-pyrrole nitrogens is 2. The summed E-state index contributed by atoms with van der Waals surface area (Å²) in [5.74, 6) is -0.550. The van der Waals surface area contributed by atoms with Gasteiger partial charge in [0.2, 0.25) is 0 Å². The first-order valence-electron chi connectivity index (χ1n) is 2.66. The van der Waals surface area contributed by atoms with Crippen molar-refractivity contribution in [1.29, 1.82) is 0 Å². The van der Waals surface area contributed by atoms with E-state index in [0.717, 1.165) is 0 Å². The Labute approximate surface area is 54.3 Å². The van der Waals surface area contributed by atoms with E-state index in [-0.39, 0.29) is 5.88 Å². The van der Waals surface area contributed by atoms with Gasteiger partial charge < -0.3 is 14.5 Å². The van der Waals surface area contributed by atoms with Crippen LogP contribution in [0.1, 0.15) is 0 Å². The van der Waals surface area contributed by atoms with E-state index >= 15 is 0 Å². The van der Waals surface area contributed by atoms with Crippen LogP contribution in [-0.2, 0) is 0 Å². The molecule has 0 aromatic carbocycles. The Balaban J connectivity index is 2.95. The van der Waals surface area contributed by atoms with Gasteiger partial charge in [0.1, 0.15) is 0 Å². The molecule has 5 heteroatoms. The zero-order valence-corrected chi connectivity index (χ0v) is 4.84. The summed E-state index contributed by atoms with van der Waals surface area (Å²) in [5, 5.41) is 8.80. The zero-order valence-electron chi connectivity index (χ0n) is 4.84. The third-order valence-corrected chi connectivity index (χ3v) is 1.20. The summed E-state index contributed by atoms with van der Waals surface area (Å²) < 4.78 is 4.59. The van der Waals surface area contributed by atoms with Gasteiger partial charge in [-0.25, -0.2) is 4.79 Å². The molecule has 0 saturated heterocycles. The smallest absolute Gasteiger partial charge is 0.418 e. The van der Waals surface area contributed by atoms with Gasteiger partial charge in [0, 0.05) is 6.07 Å². The van der Waals surface area contributed by atoms with E-state index in [1.54, 1.807) is 0 Å². The highest BCUT2D eigenvalue weighted by Gasteiger charge is 2.02. The summed E-state index contributed by atoms with van der Waals surface area (Å²) >= 11 is 0. The first kappa shape index (κ1) is 5.16. The predicted octanol–water partition coefficient (Wildman–Crippen LogP) is 0.155. The van der Waals surface area contributed by atoms with Crippen LogP contribution in [0, 0.1) is 0 Å². The molecule has 0 radical (unpaired) electrons. The number of aromatic hydroxyl groups is 1. The summed E-state index contributed by atoms with van der Waals surface area (Å²) in [6.45, 7) is 0. The second kappa shape index (κ2) is 1.44. The zero-order chi connectivity index (χ0) is 7.14. The molecule has 0 fully saturated rings. The molecule has 0 aliphatic heterocycles. The molecule has 0 spiro atoms. The molecule has 0 unspecified atom stereocenters. The maximum Gasteiger partial charge on any atom is 0.418 e. The van der Waals surface area contributed by atoms with Gasteiger partial charge >= 0.3 is 5.76 Å². The second-order valence-corrected chi connectivity index (χ2v) is 1.91. The van der Waals surface area contributed by atoms with E-state index in [2.05, 4.69) is 14.4 Å². The molecule has 0 amide bonds. The van der Waals surface area contributed by atoms with Gasteiger partial charge in [0.05, 0.1) is 0 Å². The number of nitrogens with one attached hydrogen (secondary N) is 2. The maximum atomic E-state index is 10.4. The quantitative estimate of drug-likeness (QED) is 0.487. The molecule has 0 saturated carbocycles. The van der Waals surface area contributed by atoms with Crippen LogP contribution in [-0.4, -0.2) is 15.1 Å². The van der Waals surface area contributed by atoms with E-state index in [4.69, 9.17) is 5.11 Å². The second-order valence-electron chi connectivity index (χ2n) is 1.91. The molecule has 5 nitrogen and oxygen atoms in total. The largest absolute Gasteiger partial charge is 0.494 e.